The van der Waals surface area contributed by atoms with Gasteiger partial charge in [0.05, 0.1) is 5.58 Å². The Kier molecular flexibility index (Phi) is 7.41. The molecule has 0 N–H and O–H groups in total. The van der Waals surface area contributed by atoms with Crippen LogP contribution in [-0.2, 0) is 20.1 Å². The van der Waals surface area contributed by atoms with Gasteiger partial charge in [-0.3, -0.25) is 4.98 Å². The Hall–Kier alpha value is -4.18. The van der Waals surface area contributed by atoms with Crippen molar-refractivity contribution in [1.29, 1.82) is 0 Å². The van der Waals surface area contributed by atoms with E-state index < -0.39 is 0 Å². The summed E-state index contributed by atoms with van der Waals surface area (Å²) < 4.78 is 6.29. The molecule has 0 amide bonds. The Balaban J connectivity index is 0.000000191. The van der Waals surface area contributed by atoms with E-state index in [-0.39, 0.29) is 20.1 Å². The smallest absolute Gasteiger partial charge is 0.147 e. The number of nitrogens with zero attached hydrogens (tertiary/aromatic N) is 3. The third-order valence-corrected chi connectivity index (χ3v) is 6.20. The van der Waals surface area contributed by atoms with Crippen LogP contribution in [0.1, 0.15) is 11.1 Å². The summed E-state index contributed by atoms with van der Waals surface area (Å²) in [5.41, 5.74) is 8.55. The van der Waals surface area contributed by atoms with Crippen LogP contribution in [0.25, 0.3) is 55.4 Å². The monoisotopic (exact) mass is 670 g/mol. The summed E-state index contributed by atoms with van der Waals surface area (Å²) in [5.74, 6) is 0. The molecule has 3 aromatic carbocycles. The Labute approximate surface area is 234 Å². The zero-order chi connectivity index (χ0) is 25.2. The molecule has 4 heterocycles. The molecule has 38 heavy (non-hydrogen) atoms. The second-order valence-electron chi connectivity index (χ2n) is 8.94. The summed E-state index contributed by atoms with van der Waals surface area (Å²) in [6.07, 6.45) is 5.53. The quantitative estimate of drug-likeness (QED) is 0.174. The largest absolute Gasteiger partial charge is 0.498 e. The molecule has 4 nitrogen and oxygen atoms in total. The molecule has 0 aliphatic rings. The van der Waals surface area contributed by atoms with Crippen molar-refractivity contribution in [2.75, 3.05) is 0 Å². The van der Waals surface area contributed by atoms with Crippen molar-refractivity contribution >= 4 is 32.8 Å². The van der Waals surface area contributed by atoms with Gasteiger partial charge >= 0.3 is 0 Å². The van der Waals surface area contributed by atoms with Gasteiger partial charge in [0.2, 0.25) is 0 Å². The van der Waals surface area contributed by atoms with E-state index in [1.807, 2.05) is 86.9 Å². The van der Waals surface area contributed by atoms with Crippen molar-refractivity contribution in [1.82, 2.24) is 15.0 Å². The molecule has 7 rings (SSSR count). The fourth-order valence-corrected chi connectivity index (χ4v) is 4.39. The van der Waals surface area contributed by atoms with Crippen molar-refractivity contribution in [3.05, 3.63) is 127 Å². The molecule has 0 unspecified atom stereocenters. The van der Waals surface area contributed by atoms with Gasteiger partial charge < -0.3 is 14.4 Å². The SMILES string of the molecule is Cc1ccc(-c2[c-]ccc3c2oc2c3ccc3cc(C)cnc32)nc1.[Ir].[c-]1ccccc1-c1ccccn1. The topological polar surface area (TPSA) is 51.8 Å². The molecule has 0 saturated heterocycles. The first-order valence-corrected chi connectivity index (χ1v) is 12.1. The molecule has 187 valence electrons. The molecular weight excluding hydrogens is 647 g/mol. The maximum absolute atomic E-state index is 6.29. The second kappa shape index (κ2) is 11.1. The maximum atomic E-state index is 6.29. The molecular formula is C33H23IrN3O-2. The van der Waals surface area contributed by atoms with E-state index in [1.165, 1.54) is 0 Å². The van der Waals surface area contributed by atoms with Crippen molar-refractivity contribution in [2.45, 2.75) is 13.8 Å². The molecule has 1 radical (unpaired) electrons. The number of hydrogen-bond acceptors (Lipinski definition) is 4. The van der Waals surface area contributed by atoms with E-state index in [1.54, 1.807) is 6.20 Å². The Morgan fingerprint density at radius 3 is 2.26 bits per heavy atom. The average Bonchev–Trinajstić information content (AvgIpc) is 3.34. The van der Waals surface area contributed by atoms with Gasteiger partial charge in [0, 0.05) is 49.5 Å². The number of aromatic nitrogens is 3. The van der Waals surface area contributed by atoms with Gasteiger partial charge in [-0.15, -0.1) is 54.1 Å². The molecule has 0 spiro atoms. The molecule has 0 atom stereocenters. The normalized spacial score (nSPS) is 10.7. The van der Waals surface area contributed by atoms with Gasteiger partial charge in [0.1, 0.15) is 11.1 Å². The minimum atomic E-state index is 0. The van der Waals surface area contributed by atoms with Crippen LogP contribution in [0.2, 0.25) is 0 Å². The van der Waals surface area contributed by atoms with E-state index in [2.05, 4.69) is 51.4 Å². The number of furan rings is 1. The third-order valence-electron chi connectivity index (χ3n) is 6.20. The van der Waals surface area contributed by atoms with E-state index in [9.17, 15) is 0 Å². The summed E-state index contributed by atoms with van der Waals surface area (Å²) in [4.78, 5) is 13.4. The molecule has 4 aromatic heterocycles. The van der Waals surface area contributed by atoms with Gasteiger partial charge in [-0.05, 0) is 48.5 Å². The molecule has 0 fully saturated rings. The van der Waals surface area contributed by atoms with Crippen LogP contribution in [0.5, 0.6) is 0 Å². The maximum Gasteiger partial charge on any atom is 0.147 e. The van der Waals surface area contributed by atoms with Crippen molar-refractivity contribution < 1.29 is 24.5 Å². The second-order valence-corrected chi connectivity index (χ2v) is 8.94. The minimum Gasteiger partial charge on any atom is -0.498 e. The fourth-order valence-electron chi connectivity index (χ4n) is 4.39. The summed E-state index contributed by atoms with van der Waals surface area (Å²) in [7, 11) is 0. The minimum absolute atomic E-state index is 0. The van der Waals surface area contributed by atoms with E-state index in [0.29, 0.717) is 0 Å². The van der Waals surface area contributed by atoms with Gasteiger partial charge in [-0.25, -0.2) is 0 Å². The number of aryl methyl sites for hydroxylation is 2. The summed E-state index contributed by atoms with van der Waals surface area (Å²) in [6.45, 7) is 4.08. The van der Waals surface area contributed by atoms with Crippen LogP contribution < -0.4 is 0 Å². The Bertz CT molecular complexity index is 1790. The van der Waals surface area contributed by atoms with Crippen molar-refractivity contribution in [3.8, 4) is 22.5 Å². The first-order chi connectivity index (χ1) is 18.2. The van der Waals surface area contributed by atoms with Crippen LogP contribution in [0.3, 0.4) is 0 Å². The zero-order valence-electron chi connectivity index (χ0n) is 20.9. The first-order valence-electron chi connectivity index (χ1n) is 12.1. The number of pyridine rings is 3. The number of fused-ring (bicyclic) bond motifs is 5. The predicted octanol–water partition coefficient (Wildman–Crippen LogP) is 8.16. The molecule has 0 aliphatic heterocycles. The van der Waals surface area contributed by atoms with Crippen molar-refractivity contribution in [3.63, 3.8) is 0 Å². The summed E-state index contributed by atoms with van der Waals surface area (Å²) in [5, 5.41) is 3.22. The van der Waals surface area contributed by atoms with Crippen LogP contribution in [-0.4, -0.2) is 15.0 Å². The van der Waals surface area contributed by atoms with Crippen LogP contribution in [0.4, 0.5) is 0 Å². The van der Waals surface area contributed by atoms with Gasteiger partial charge in [-0.1, -0.05) is 47.3 Å². The predicted molar refractivity (Wildman–Crippen MR) is 149 cm³/mol. The molecule has 7 aromatic rings. The standard InChI is InChI=1S/C22H15N2O.C11H8N.Ir/c1-13-6-9-19(23-11-13)18-5-3-4-16-17-8-7-15-10-14(2)12-24-20(15)22(17)25-21(16)18;1-2-6-10(7-3-1)11-8-4-5-9-12-11;/h3-4,6-12H,1-2H3;1-6,8-9H;/q2*-1;. The van der Waals surface area contributed by atoms with Gasteiger partial charge in [0.15, 0.2) is 0 Å². The first kappa shape index (κ1) is 25.5. The summed E-state index contributed by atoms with van der Waals surface area (Å²) in [6, 6.07) is 34.5. The number of benzene rings is 3. The van der Waals surface area contributed by atoms with E-state index in [0.717, 1.165) is 66.5 Å². The van der Waals surface area contributed by atoms with Crippen LogP contribution in [0, 0.1) is 26.0 Å². The Morgan fingerprint density at radius 2 is 1.50 bits per heavy atom. The number of hydrogen-bond donors (Lipinski definition) is 0. The molecule has 5 heteroatoms. The summed E-state index contributed by atoms with van der Waals surface area (Å²) >= 11 is 0. The zero-order valence-corrected chi connectivity index (χ0v) is 23.3. The third kappa shape index (κ3) is 4.99. The van der Waals surface area contributed by atoms with Gasteiger partial charge in [0.25, 0.3) is 0 Å². The molecule has 0 bridgehead atoms. The van der Waals surface area contributed by atoms with E-state index >= 15 is 0 Å². The number of rotatable bonds is 2. The van der Waals surface area contributed by atoms with E-state index in [4.69, 9.17) is 4.42 Å². The molecule has 0 saturated carbocycles. The average molecular weight is 670 g/mol. The van der Waals surface area contributed by atoms with Crippen LogP contribution in [0.15, 0.2) is 108 Å². The van der Waals surface area contributed by atoms with Crippen molar-refractivity contribution in [2.24, 2.45) is 0 Å². The van der Waals surface area contributed by atoms with Crippen LogP contribution >= 0.6 is 0 Å². The Morgan fingerprint density at radius 1 is 0.658 bits per heavy atom. The van der Waals surface area contributed by atoms with Gasteiger partial charge in [-0.2, -0.15) is 0 Å². The fraction of sp³-hybridized carbons (Fsp3) is 0.0606. The molecule has 0 aliphatic carbocycles.